The summed E-state index contributed by atoms with van der Waals surface area (Å²) in [7, 11) is 0. The van der Waals surface area contributed by atoms with Crippen molar-refractivity contribution in [2.24, 2.45) is 0 Å². The van der Waals surface area contributed by atoms with Crippen molar-refractivity contribution in [1.82, 2.24) is 15.5 Å². The Kier molecular flexibility index (Phi) is 2.31. The molecule has 14 heavy (non-hydrogen) atoms. The van der Waals surface area contributed by atoms with Gasteiger partial charge in [-0.25, -0.2) is 0 Å². The molecule has 0 radical (unpaired) electrons. The second-order valence-corrected chi connectivity index (χ2v) is 4.86. The molecule has 1 aromatic rings. The largest absolute Gasteiger partial charge is 0.338 e. The van der Waals surface area contributed by atoms with Gasteiger partial charge in [0, 0.05) is 5.41 Å². The minimum Gasteiger partial charge on any atom is -0.338 e. The van der Waals surface area contributed by atoms with E-state index >= 15 is 0 Å². The summed E-state index contributed by atoms with van der Waals surface area (Å²) in [6.07, 6.45) is 2.30. The van der Waals surface area contributed by atoms with Gasteiger partial charge in [-0.05, 0) is 19.4 Å². The molecular formula is C10H17N3O. The average Bonchev–Trinajstić information content (AvgIpc) is 2.73. The number of aromatic nitrogens is 2. The molecule has 4 nitrogen and oxygen atoms in total. The SMILES string of the molecule is CC(C)(C)c1noc([C@@H]2CCCN2)n1. The summed E-state index contributed by atoms with van der Waals surface area (Å²) in [5.41, 5.74) is -0.0274. The molecule has 0 spiro atoms. The summed E-state index contributed by atoms with van der Waals surface area (Å²) in [4.78, 5) is 4.42. The molecule has 78 valence electrons. The summed E-state index contributed by atoms with van der Waals surface area (Å²) in [6.45, 7) is 7.31. The third-order valence-corrected chi connectivity index (χ3v) is 2.47. The summed E-state index contributed by atoms with van der Waals surface area (Å²) in [5.74, 6) is 1.54. The van der Waals surface area contributed by atoms with Crippen LogP contribution in [0, 0.1) is 0 Å². The normalized spacial score (nSPS) is 22.9. The van der Waals surface area contributed by atoms with E-state index in [1.807, 2.05) is 0 Å². The molecule has 1 aliphatic heterocycles. The van der Waals surface area contributed by atoms with Crippen LogP contribution in [0.1, 0.15) is 51.4 Å². The Hall–Kier alpha value is -0.900. The van der Waals surface area contributed by atoms with E-state index in [0.717, 1.165) is 24.7 Å². The first kappa shape index (κ1) is 9.65. The van der Waals surface area contributed by atoms with Gasteiger partial charge in [-0.15, -0.1) is 0 Å². The van der Waals surface area contributed by atoms with Crippen LogP contribution in [0.4, 0.5) is 0 Å². The Morgan fingerprint density at radius 2 is 2.21 bits per heavy atom. The molecule has 0 bridgehead atoms. The molecule has 1 fully saturated rings. The van der Waals surface area contributed by atoms with E-state index in [2.05, 4.69) is 36.2 Å². The highest BCUT2D eigenvalue weighted by Gasteiger charge is 2.26. The molecule has 1 aromatic heterocycles. The molecular weight excluding hydrogens is 178 g/mol. The Bertz CT molecular complexity index is 307. The third kappa shape index (κ3) is 1.80. The predicted molar refractivity (Wildman–Crippen MR) is 53.0 cm³/mol. The number of hydrogen-bond donors (Lipinski definition) is 1. The highest BCUT2D eigenvalue weighted by molar-refractivity contribution is 5.02. The van der Waals surface area contributed by atoms with E-state index in [1.54, 1.807) is 0 Å². The van der Waals surface area contributed by atoms with Crippen LogP contribution in [0.3, 0.4) is 0 Å². The topological polar surface area (TPSA) is 51.0 Å². The highest BCUT2D eigenvalue weighted by atomic mass is 16.5. The zero-order valence-electron chi connectivity index (χ0n) is 9.00. The first-order valence-corrected chi connectivity index (χ1v) is 5.15. The first-order valence-electron chi connectivity index (χ1n) is 5.15. The number of rotatable bonds is 1. The molecule has 0 saturated carbocycles. The van der Waals surface area contributed by atoms with Crippen LogP contribution in [0.25, 0.3) is 0 Å². The van der Waals surface area contributed by atoms with Crippen LogP contribution < -0.4 is 5.32 Å². The van der Waals surface area contributed by atoms with Gasteiger partial charge in [0.2, 0.25) is 5.89 Å². The Balaban J connectivity index is 2.17. The van der Waals surface area contributed by atoms with E-state index in [1.165, 1.54) is 6.42 Å². The van der Waals surface area contributed by atoms with Crippen molar-refractivity contribution in [1.29, 1.82) is 0 Å². The van der Waals surface area contributed by atoms with E-state index in [0.29, 0.717) is 0 Å². The van der Waals surface area contributed by atoms with Gasteiger partial charge in [-0.3, -0.25) is 0 Å². The van der Waals surface area contributed by atoms with Crippen molar-refractivity contribution in [3.05, 3.63) is 11.7 Å². The van der Waals surface area contributed by atoms with Crippen molar-refractivity contribution < 1.29 is 4.52 Å². The predicted octanol–water partition coefficient (Wildman–Crippen LogP) is 1.79. The Morgan fingerprint density at radius 1 is 1.43 bits per heavy atom. The van der Waals surface area contributed by atoms with Gasteiger partial charge < -0.3 is 9.84 Å². The molecule has 1 aliphatic rings. The summed E-state index contributed by atoms with van der Waals surface area (Å²) < 4.78 is 5.25. The van der Waals surface area contributed by atoms with Crippen molar-refractivity contribution in [2.45, 2.75) is 45.1 Å². The monoisotopic (exact) mass is 195 g/mol. The molecule has 2 heterocycles. The maximum Gasteiger partial charge on any atom is 0.243 e. The van der Waals surface area contributed by atoms with Gasteiger partial charge in [0.1, 0.15) is 0 Å². The third-order valence-electron chi connectivity index (χ3n) is 2.47. The molecule has 2 rings (SSSR count). The average molecular weight is 195 g/mol. The smallest absolute Gasteiger partial charge is 0.243 e. The van der Waals surface area contributed by atoms with Crippen LogP contribution in [0.5, 0.6) is 0 Å². The van der Waals surface area contributed by atoms with Crippen molar-refractivity contribution in [2.75, 3.05) is 6.54 Å². The van der Waals surface area contributed by atoms with Crippen molar-refractivity contribution in [3.63, 3.8) is 0 Å². The van der Waals surface area contributed by atoms with Crippen LogP contribution in [-0.4, -0.2) is 16.7 Å². The van der Waals surface area contributed by atoms with E-state index < -0.39 is 0 Å². The Labute approximate surface area is 84.1 Å². The standard InChI is InChI=1S/C10H17N3O/c1-10(2,3)9-12-8(14-13-9)7-5-4-6-11-7/h7,11H,4-6H2,1-3H3/t7-/m0/s1. The number of nitrogens with one attached hydrogen (secondary N) is 1. The molecule has 1 atom stereocenters. The fourth-order valence-electron chi connectivity index (χ4n) is 1.58. The lowest BCUT2D eigenvalue weighted by atomic mass is 9.96. The lowest BCUT2D eigenvalue weighted by molar-refractivity contribution is 0.335. The van der Waals surface area contributed by atoms with Crippen molar-refractivity contribution >= 4 is 0 Å². The van der Waals surface area contributed by atoms with Gasteiger partial charge in [0.15, 0.2) is 5.82 Å². The molecule has 1 saturated heterocycles. The van der Waals surface area contributed by atoms with Gasteiger partial charge >= 0.3 is 0 Å². The van der Waals surface area contributed by atoms with Crippen LogP contribution >= 0.6 is 0 Å². The van der Waals surface area contributed by atoms with E-state index in [-0.39, 0.29) is 11.5 Å². The number of hydrogen-bond acceptors (Lipinski definition) is 4. The van der Waals surface area contributed by atoms with Gasteiger partial charge in [-0.2, -0.15) is 4.98 Å². The van der Waals surface area contributed by atoms with E-state index in [4.69, 9.17) is 4.52 Å². The van der Waals surface area contributed by atoms with Crippen LogP contribution in [0.15, 0.2) is 4.52 Å². The summed E-state index contributed by atoms with van der Waals surface area (Å²) >= 11 is 0. The number of nitrogens with zero attached hydrogens (tertiary/aromatic N) is 2. The molecule has 4 heteroatoms. The minimum absolute atomic E-state index is 0.0274. The lowest BCUT2D eigenvalue weighted by Crippen LogP contribution is -2.15. The first-order chi connectivity index (χ1) is 6.57. The zero-order valence-corrected chi connectivity index (χ0v) is 9.00. The maximum absolute atomic E-state index is 5.25. The fraction of sp³-hybridized carbons (Fsp3) is 0.800. The molecule has 0 unspecified atom stereocenters. The van der Waals surface area contributed by atoms with Gasteiger partial charge in [0.05, 0.1) is 6.04 Å². The Morgan fingerprint density at radius 3 is 2.71 bits per heavy atom. The summed E-state index contributed by atoms with van der Waals surface area (Å²) in [6, 6.07) is 0.276. The molecule has 0 aromatic carbocycles. The maximum atomic E-state index is 5.25. The van der Waals surface area contributed by atoms with Gasteiger partial charge in [0.25, 0.3) is 0 Å². The summed E-state index contributed by atoms with van der Waals surface area (Å²) in [5, 5.41) is 7.35. The van der Waals surface area contributed by atoms with Crippen LogP contribution in [0.2, 0.25) is 0 Å². The fourth-order valence-corrected chi connectivity index (χ4v) is 1.58. The van der Waals surface area contributed by atoms with Crippen molar-refractivity contribution in [3.8, 4) is 0 Å². The second kappa shape index (κ2) is 3.35. The molecule has 1 N–H and O–H groups in total. The quantitative estimate of drug-likeness (QED) is 0.742. The van der Waals surface area contributed by atoms with Gasteiger partial charge in [-0.1, -0.05) is 25.9 Å². The lowest BCUT2D eigenvalue weighted by Gasteiger charge is -2.11. The highest BCUT2D eigenvalue weighted by Crippen LogP contribution is 2.24. The molecule has 0 amide bonds. The van der Waals surface area contributed by atoms with Crippen LogP contribution in [-0.2, 0) is 5.41 Å². The zero-order chi connectivity index (χ0) is 10.2. The molecule has 0 aliphatic carbocycles. The second-order valence-electron chi connectivity index (χ2n) is 4.86. The van der Waals surface area contributed by atoms with E-state index in [9.17, 15) is 0 Å². The minimum atomic E-state index is -0.0274.